The molecule has 0 aliphatic heterocycles. The fraction of sp³-hybridized carbons (Fsp3) is 0.267. The van der Waals surface area contributed by atoms with Crippen molar-refractivity contribution in [2.75, 3.05) is 0 Å². The number of benzene rings is 2. The highest BCUT2D eigenvalue weighted by Crippen LogP contribution is 2.29. The molecule has 2 aromatic rings. The monoisotopic (exact) mass is 230 g/mol. The summed E-state index contributed by atoms with van der Waals surface area (Å²) in [5.41, 5.74) is 1.65. The van der Waals surface area contributed by atoms with E-state index in [4.69, 9.17) is 9.90 Å². The van der Waals surface area contributed by atoms with Crippen LogP contribution in [0.15, 0.2) is 42.5 Å². The van der Waals surface area contributed by atoms with E-state index in [9.17, 15) is 0 Å². The van der Waals surface area contributed by atoms with E-state index in [2.05, 4.69) is 63.2 Å². The van der Waals surface area contributed by atoms with Crippen molar-refractivity contribution < 1.29 is 9.90 Å². The summed E-state index contributed by atoms with van der Waals surface area (Å²) >= 11 is 0. The van der Waals surface area contributed by atoms with Crippen LogP contribution in [-0.4, -0.2) is 11.6 Å². The molecule has 0 aromatic heterocycles. The van der Waals surface area contributed by atoms with Crippen LogP contribution in [0.25, 0.3) is 10.8 Å². The Morgan fingerprint density at radius 1 is 1.00 bits per heavy atom. The van der Waals surface area contributed by atoms with Crippen molar-refractivity contribution in [2.45, 2.75) is 26.2 Å². The normalized spacial score (nSPS) is 10.5. The van der Waals surface area contributed by atoms with Gasteiger partial charge in [0.1, 0.15) is 0 Å². The average molecular weight is 230 g/mol. The largest absolute Gasteiger partial charge is 0.483 e. The van der Waals surface area contributed by atoms with E-state index >= 15 is 0 Å². The van der Waals surface area contributed by atoms with Crippen LogP contribution in [0.4, 0.5) is 0 Å². The van der Waals surface area contributed by atoms with Gasteiger partial charge >= 0.3 is 0 Å². The van der Waals surface area contributed by atoms with Crippen molar-refractivity contribution in [2.24, 2.45) is 0 Å². The van der Waals surface area contributed by atoms with Gasteiger partial charge in [0.2, 0.25) is 0 Å². The molecule has 0 radical (unpaired) electrons. The first-order valence-electron chi connectivity index (χ1n) is 5.57. The van der Waals surface area contributed by atoms with Crippen LogP contribution in [0.5, 0.6) is 0 Å². The molecule has 0 amide bonds. The van der Waals surface area contributed by atoms with E-state index in [1.54, 1.807) is 0 Å². The Labute approximate surface area is 102 Å². The third-order valence-electron chi connectivity index (χ3n) is 2.60. The number of carboxylic acid groups (broad SMARTS) is 1. The quantitative estimate of drug-likeness (QED) is 0.698. The number of rotatable bonds is 0. The van der Waals surface area contributed by atoms with Crippen LogP contribution < -0.4 is 0 Å². The Balaban J connectivity index is 0.000000437. The van der Waals surface area contributed by atoms with E-state index < -0.39 is 0 Å². The summed E-state index contributed by atoms with van der Waals surface area (Å²) in [6.07, 6.45) is 0. The zero-order valence-electron chi connectivity index (χ0n) is 10.5. The Bertz CT molecular complexity index is 490. The van der Waals surface area contributed by atoms with Crippen LogP contribution in [0.3, 0.4) is 0 Å². The van der Waals surface area contributed by atoms with Crippen LogP contribution in [0.2, 0.25) is 0 Å². The first-order valence-corrected chi connectivity index (χ1v) is 5.57. The van der Waals surface area contributed by atoms with E-state index in [-0.39, 0.29) is 11.9 Å². The lowest BCUT2D eigenvalue weighted by Crippen LogP contribution is -2.11. The minimum absolute atomic E-state index is 0.223. The van der Waals surface area contributed by atoms with Crippen LogP contribution in [0, 0.1) is 0 Å². The Morgan fingerprint density at radius 2 is 1.53 bits per heavy atom. The molecule has 1 N–H and O–H groups in total. The van der Waals surface area contributed by atoms with Crippen LogP contribution >= 0.6 is 0 Å². The second-order valence-electron chi connectivity index (χ2n) is 4.88. The minimum Gasteiger partial charge on any atom is -0.483 e. The molecule has 0 bridgehead atoms. The van der Waals surface area contributed by atoms with E-state index in [1.807, 2.05) is 0 Å². The van der Waals surface area contributed by atoms with Gasteiger partial charge in [-0.2, -0.15) is 0 Å². The number of fused-ring (bicyclic) bond motifs is 1. The molecular formula is C15H18O2. The maximum atomic E-state index is 8.36. The lowest BCUT2D eigenvalue weighted by Gasteiger charge is -2.21. The minimum atomic E-state index is -0.250. The molecule has 2 aromatic carbocycles. The Kier molecular flexibility index (Phi) is 4.27. The number of hydrogen-bond acceptors (Lipinski definition) is 1. The summed E-state index contributed by atoms with van der Waals surface area (Å²) < 4.78 is 0. The van der Waals surface area contributed by atoms with Crippen molar-refractivity contribution >= 4 is 17.2 Å². The highest BCUT2D eigenvalue weighted by molar-refractivity contribution is 5.86. The number of carbonyl (C=O) groups is 1. The van der Waals surface area contributed by atoms with Crippen molar-refractivity contribution in [1.29, 1.82) is 0 Å². The smallest absolute Gasteiger partial charge is 0.290 e. The van der Waals surface area contributed by atoms with Gasteiger partial charge in [-0.25, -0.2) is 0 Å². The van der Waals surface area contributed by atoms with Gasteiger partial charge in [0.15, 0.2) is 0 Å². The lowest BCUT2D eigenvalue weighted by molar-refractivity contribution is -0.122. The molecule has 0 saturated carbocycles. The van der Waals surface area contributed by atoms with Gasteiger partial charge in [0.25, 0.3) is 6.47 Å². The van der Waals surface area contributed by atoms with Crippen molar-refractivity contribution in [3.63, 3.8) is 0 Å². The van der Waals surface area contributed by atoms with Gasteiger partial charge in [-0.05, 0) is 21.8 Å². The molecule has 0 atom stereocenters. The molecule has 2 heteroatoms. The number of hydrogen-bond donors (Lipinski definition) is 1. The molecule has 0 spiro atoms. The second kappa shape index (κ2) is 5.48. The van der Waals surface area contributed by atoms with Crippen LogP contribution in [-0.2, 0) is 10.2 Å². The van der Waals surface area contributed by atoms with E-state index in [0.717, 1.165) is 0 Å². The first kappa shape index (κ1) is 13.2. The molecule has 90 valence electrons. The molecule has 0 saturated heterocycles. The van der Waals surface area contributed by atoms with Crippen molar-refractivity contribution in [1.82, 2.24) is 0 Å². The second-order valence-corrected chi connectivity index (χ2v) is 4.88. The molecule has 17 heavy (non-hydrogen) atoms. The van der Waals surface area contributed by atoms with Gasteiger partial charge in [-0.15, -0.1) is 0 Å². The highest BCUT2D eigenvalue weighted by atomic mass is 16.3. The third-order valence-corrected chi connectivity index (χ3v) is 2.60. The topological polar surface area (TPSA) is 37.3 Å². The van der Waals surface area contributed by atoms with Gasteiger partial charge in [-0.1, -0.05) is 63.2 Å². The maximum absolute atomic E-state index is 8.36. The maximum Gasteiger partial charge on any atom is 0.290 e. The molecule has 2 rings (SSSR count). The molecule has 0 heterocycles. The highest BCUT2D eigenvalue weighted by Gasteiger charge is 2.15. The zero-order valence-corrected chi connectivity index (χ0v) is 10.5. The van der Waals surface area contributed by atoms with Gasteiger partial charge in [0, 0.05) is 0 Å². The summed E-state index contributed by atoms with van der Waals surface area (Å²) in [6.45, 7) is 6.53. The molecule has 2 nitrogen and oxygen atoms in total. The molecule has 0 aliphatic carbocycles. The van der Waals surface area contributed by atoms with E-state index in [1.165, 1.54) is 16.3 Å². The van der Waals surface area contributed by atoms with Crippen molar-refractivity contribution in [3.8, 4) is 0 Å². The molecular weight excluding hydrogens is 212 g/mol. The van der Waals surface area contributed by atoms with E-state index in [0.29, 0.717) is 0 Å². The summed E-state index contributed by atoms with van der Waals surface area (Å²) in [5.74, 6) is 0. The predicted octanol–water partition coefficient (Wildman–Crippen LogP) is 3.84. The summed E-state index contributed by atoms with van der Waals surface area (Å²) in [6, 6.07) is 15.1. The SMILES string of the molecule is CC(C)(C)c1cccc2ccccc12.O=CO. The third kappa shape index (κ3) is 3.31. The van der Waals surface area contributed by atoms with Gasteiger partial charge < -0.3 is 5.11 Å². The molecule has 0 aliphatic rings. The first-order chi connectivity index (χ1) is 8.00. The summed E-state index contributed by atoms with van der Waals surface area (Å²) in [7, 11) is 0. The summed E-state index contributed by atoms with van der Waals surface area (Å²) in [5, 5.41) is 9.60. The summed E-state index contributed by atoms with van der Waals surface area (Å²) in [4.78, 5) is 8.36. The predicted molar refractivity (Wildman–Crippen MR) is 71.3 cm³/mol. The van der Waals surface area contributed by atoms with Gasteiger partial charge in [-0.3, -0.25) is 4.79 Å². The van der Waals surface area contributed by atoms with Gasteiger partial charge in [0.05, 0.1) is 0 Å². The Morgan fingerprint density at radius 3 is 2.12 bits per heavy atom. The van der Waals surface area contributed by atoms with Crippen LogP contribution in [0.1, 0.15) is 26.3 Å². The standard InChI is InChI=1S/C14H16.CH2O2/c1-14(2,3)13-10-6-8-11-7-4-5-9-12(11)13;2-1-3/h4-10H,1-3H3;1H,(H,2,3). The molecule has 0 fully saturated rings. The molecule has 0 unspecified atom stereocenters. The zero-order chi connectivity index (χ0) is 12.9. The lowest BCUT2D eigenvalue weighted by atomic mass is 9.84. The fourth-order valence-electron chi connectivity index (χ4n) is 1.88. The average Bonchev–Trinajstić information content (AvgIpc) is 2.28. The fourth-order valence-corrected chi connectivity index (χ4v) is 1.88. The van der Waals surface area contributed by atoms with Crippen molar-refractivity contribution in [3.05, 3.63) is 48.0 Å². The Hall–Kier alpha value is -1.83.